The van der Waals surface area contributed by atoms with Gasteiger partial charge in [-0.1, -0.05) is 12.1 Å². The average molecular weight is 277 g/mol. The van der Waals surface area contributed by atoms with Crippen molar-refractivity contribution in [1.29, 1.82) is 0 Å². The van der Waals surface area contributed by atoms with Crippen molar-refractivity contribution in [3.63, 3.8) is 0 Å². The quantitative estimate of drug-likeness (QED) is 0.782. The highest BCUT2D eigenvalue weighted by atomic mass is 19.2. The molecule has 2 aromatic carbocycles. The number of aromatic nitrogens is 2. The molecule has 0 saturated carbocycles. The van der Waals surface area contributed by atoms with Gasteiger partial charge < -0.3 is 10.3 Å². The van der Waals surface area contributed by atoms with E-state index in [1.165, 1.54) is 12.1 Å². The molecule has 20 heavy (non-hydrogen) atoms. The highest BCUT2D eigenvalue weighted by Crippen LogP contribution is 2.22. The third kappa shape index (κ3) is 2.09. The number of nitrogens with zero attached hydrogens (tertiary/aromatic N) is 2. The Balaban J connectivity index is 2.08. The van der Waals surface area contributed by atoms with Crippen molar-refractivity contribution < 1.29 is 13.2 Å². The minimum atomic E-state index is -0.969. The minimum Gasteiger partial charge on any atom is -0.369 e. The van der Waals surface area contributed by atoms with Crippen LogP contribution in [0.2, 0.25) is 0 Å². The van der Waals surface area contributed by atoms with E-state index in [9.17, 15) is 13.2 Å². The molecule has 3 aromatic rings. The van der Waals surface area contributed by atoms with Gasteiger partial charge in [0, 0.05) is 12.1 Å². The molecule has 6 heteroatoms. The third-order valence-electron chi connectivity index (χ3n) is 3.07. The van der Waals surface area contributed by atoms with Crippen LogP contribution >= 0.6 is 0 Å². The van der Waals surface area contributed by atoms with Gasteiger partial charge in [0.1, 0.15) is 5.82 Å². The van der Waals surface area contributed by atoms with Gasteiger partial charge in [0.25, 0.3) is 0 Å². The molecule has 0 aliphatic carbocycles. The Hall–Kier alpha value is -2.50. The van der Waals surface area contributed by atoms with Gasteiger partial charge in [-0.3, -0.25) is 0 Å². The molecular formula is C14H10F3N3. The van der Waals surface area contributed by atoms with Crippen LogP contribution in [-0.2, 0) is 6.54 Å². The molecule has 0 atom stereocenters. The predicted octanol–water partition coefficient (Wildman–Crippen LogP) is 3.08. The highest BCUT2D eigenvalue weighted by Gasteiger charge is 2.12. The zero-order chi connectivity index (χ0) is 14.3. The fraction of sp³-hybridized carbons (Fsp3) is 0.0714. The van der Waals surface area contributed by atoms with Crippen molar-refractivity contribution in [2.45, 2.75) is 6.54 Å². The summed E-state index contributed by atoms with van der Waals surface area (Å²) in [6.45, 7) is 0.299. The van der Waals surface area contributed by atoms with Gasteiger partial charge in [0.2, 0.25) is 5.95 Å². The number of benzene rings is 2. The second-order valence-corrected chi connectivity index (χ2v) is 4.44. The van der Waals surface area contributed by atoms with Crippen molar-refractivity contribution in [3.05, 3.63) is 59.4 Å². The third-order valence-corrected chi connectivity index (χ3v) is 3.07. The molecule has 0 aliphatic rings. The van der Waals surface area contributed by atoms with Crippen LogP contribution in [0, 0.1) is 17.5 Å². The maximum absolute atomic E-state index is 13.3. The summed E-state index contributed by atoms with van der Waals surface area (Å²) < 4.78 is 40.9. The molecule has 1 heterocycles. The molecule has 1 aromatic heterocycles. The summed E-state index contributed by atoms with van der Waals surface area (Å²) in [6, 6.07) is 7.90. The van der Waals surface area contributed by atoms with Crippen molar-refractivity contribution >= 4 is 17.0 Å². The van der Waals surface area contributed by atoms with Crippen LogP contribution in [0.4, 0.5) is 19.1 Å². The van der Waals surface area contributed by atoms with Gasteiger partial charge in [-0.05, 0) is 17.7 Å². The van der Waals surface area contributed by atoms with Crippen molar-refractivity contribution in [3.8, 4) is 0 Å². The molecule has 0 unspecified atom stereocenters. The Labute approximate surface area is 112 Å². The Bertz CT molecular complexity index is 778. The number of imidazole rings is 1. The van der Waals surface area contributed by atoms with Gasteiger partial charge in [0.15, 0.2) is 11.6 Å². The van der Waals surface area contributed by atoms with Crippen LogP contribution in [-0.4, -0.2) is 9.55 Å². The molecule has 3 nitrogen and oxygen atoms in total. The number of hydrogen-bond donors (Lipinski definition) is 1. The van der Waals surface area contributed by atoms with E-state index in [-0.39, 0.29) is 17.3 Å². The number of nitrogens with two attached hydrogens (primary N) is 1. The summed E-state index contributed by atoms with van der Waals surface area (Å²) in [5.41, 5.74) is 7.22. The number of hydrogen-bond acceptors (Lipinski definition) is 2. The first-order valence-corrected chi connectivity index (χ1v) is 5.90. The first-order chi connectivity index (χ1) is 9.54. The first kappa shape index (κ1) is 12.5. The SMILES string of the molecule is Nc1nc2cc(F)c(F)cc2n1Cc1ccc(F)cc1. The molecule has 0 aliphatic heterocycles. The van der Waals surface area contributed by atoms with Crippen molar-refractivity contribution in [2.24, 2.45) is 0 Å². The van der Waals surface area contributed by atoms with Crippen LogP contribution < -0.4 is 5.73 Å². The molecule has 102 valence electrons. The Morgan fingerprint density at radius 1 is 1.00 bits per heavy atom. The number of nitrogen functional groups attached to an aromatic ring is 1. The molecule has 0 spiro atoms. The maximum Gasteiger partial charge on any atom is 0.201 e. The summed E-state index contributed by atoms with van der Waals surface area (Å²) >= 11 is 0. The van der Waals surface area contributed by atoms with E-state index in [0.717, 1.165) is 17.7 Å². The minimum absolute atomic E-state index is 0.148. The summed E-state index contributed by atoms with van der Waals surface area (Å²) in [6.07, 6.45) is 0. The zero-order valence-electron chi connectivity index (χ0n) is 10.3. The topological polar surface area (TPSA) is 43.8 Å². The molecule has 0 radical (unpaired) electrons. The van der Waals surface area contributed by atoms with E-state index < -0.39 is 11.6 Å². The van der Waals surface area contributed by atoms with E-state index in [4.69, 9.17) is 5.73 Å². The Morgan fingerprint density at radius 2 is 1.65 bits per heavy atom. The lowest BCUT2D eigenvalue weighted by Crippen LogP contribution is -2.04. The second kappa shape index (κ2) is 4.56. The summed E-state index contributed by atoms with van der Waals surface area (Å²) in [5, 5.41) is 0. The van der Waals surface area contributed by atoms with Crippen LogP contribution in [0.25, 0.3) is 11.0 Å². The molecular weight excluding hydrogens is 267 g/mol. The standard InChI is InChI=1S/C14H10F3N3/c15-9-3-1-8(2-4-9)7-20-13-6-11(17)10(16)5-12(13)19-14(20)18/h1-6H,7H2,(H2,18,19). The predicted molar refractivity (Wildman–Crippen MR) is 69.6 cm³/mol. The Kier molecular flexibility index (Phi) is 2.85. The molecule has 3 rings (SSSR count). The van der Waals surface area contributed by atoms with Crippen LogP contribution in [0.15, 0.2) is 36.4 Å². The van der Waals surface area contributed by atoms with Crippen LogP contribution in [0.5, 0.6) is 0 Å². The molecule has 0 saturated heterocycles. The lowest BCUT2D eigenvalue weighted by molar-refractivity contribution is 0.510. The monoisotopic (exact) mass is 277 g/mol. The van der Waals surface area contributed by atoms with E-state index in [2.05, 4.69) is 4.98 Å². The zero-order valence-corrected chi connectivity index (χ0v) is 10.3. The highest BCUT2D eigenvalue weighted by molar-refractivity contribution is 5.78. The molecule has 0 bridgehead atoms. The van der Waals surface area contributed by atoms with E-state index in [0.29, 0.717) is 12.1 Å². The molecule has 2 N–H and O–H groups in total. The largest absolute Gasteiger partial charge is 0.369 e. The van der Waals surface area contributed by atoms with Crippen molar-refractivity contribution in [1.82, 2.24) is 9.55 Å². The molecule has 0 fully saturated rings. The number of anilines is 1. The number of halogens is 3. The van der Waals surface area contributed by atoms with E-state index >= 15 is 0 Å². The number of fused-ring (bicyclic) bond motifs is 1. The van der Waals surface area contributed by atoms with E-state index in [1.807, 2.05) is 0 Å². The van der Waals surface area contributed by atoms with Crippen molar-refractivity contribution in [2.75, 3.05) is 5.73 Å². The van der Waals surface area contributed by atoms with Gasteiger partial charge >= 0.3 is 0 Å². The fourth-order valence-corrected chi connectivity index (χ4v) is 2.08. The van der Waals surface area contributed by atoms with Gasteiger partial charge in [-0.25, -0.2) is 18.2 Å². The Morgan fingerprint density at radius 3 is 2.35 bits per heavy atom. The lowest BCUT2D eigenvalue weighted by atomic mass is 10.2. The second-order valence-electron chi connectivity index (χ2n) is 4.44. The van der Waals surface area contributed by atoms with Gasteiger partial charge in [-0.2, -0.15) is 0 Å². The van der Waals surface area contributed by atoms with Crippen LogP contribution in [0.1, 0.15) is 5.56 Å². The molecule has 0 amide bonds. The first-order valence-electron chi connectivity index (χ1n) is 5.90. The summed E-state index contributed by atoms with van der Waals surface area (Å²) in [7, 11) is 0. The van der Waals surface area contributed by atoms with Crippen LogP contribution in [0.3, 0.4) is 0 Å². The number of rotatable bonds is 2. The maximum atomic E-state index is 13.3. The normalized spacial score (nSPS) is 11.2. The lowest BCUT2D eigenvalue weighted by Gasteiger charge is -2.06. The summed E-state index contributed by atoms with van der Waals surface area (Å²) in [4.78, 5) is 3.99. The smallest absolute Gasteiger partial charge is 0.201 e. The fourth-order valence-electron chi connectivity index (χ4n) is 2.08. The summed E-state index contributed by atoms with van der Waals surface area (Å²) in [5.74, 6) is -2.12. The van der Waals surface area contributed by atoms with E-state index in [1.54, 1.807) is 16.7 Å². The van der Waals surface area contributed by atoms with Gasteiger partial charge in [0.05, 0.1) is 17.6 Å². The van der Waals surface area contributed by atoms with Gasteiger partial charge in [-0.15, -0.1) is 0 Å². The average Bonchev–Trinajstić information content (AvgIpc) is 2.69.